The minimum absolute atomic E-state index is 0.0940. The molecule has 2 saturated carbocycles. The summed E-state index contributed by atoms with van der Waals surface area (Å²) in [4.78, 5) is 15.2. The summed E-state index contributed by atoms with van der Waals surface area (Å²) in [5.74, 6) is 0.730. The monoisotopic (exact) mass is 349 g/mol. The Morgan fingerprint density at radius 1 is 0.958 bits per heavy atom. The van der Waals surface area contributed by atoms with Gasteiger partial charge in [-0.2, -0.15) is 0 Å². The Kier molecular flexibility index (Phi) is 6.42. The van der Waals surface area contributed by atoms with E-state index in [4.69, 9.17) is 16.3 Å². The Balaban J connectivity index is 1.66. The minimum atomic E-state index is 0.0940. The second-order valence-corrected chi connectivity index (χ2v) is 7.51. The molecule has 2 aliphatic carbocycles. The smallest absolute Gasteiger partial charge is 0.261 e. The number of rotatable bonds is 5. The van der Waals surface area contributed by atoms with Gasteiger partial charge in [-0.05, 0) is 37.8 Å². The van der Waals surface area contributed by atoms with Crippen LogP contribution in [0.3, 0.4) is 0 Å². The molecule has 0 spiro atoms. The van der Waals surface area contributed by atoms with Crippen LogP contribution in [0.4, 0.5) is 0 Å². The van der Waals surface area contributed by atoms with E-state index in [2.05, 4.69) is 4.90 Å². The molecule has 0 unspecified atom stereocenters. The van der Waals surface area contributed by atoms with Crippen molar-refractivity contribution in [1.82, 2.24) is 4.90 Å². The Bertz CT molecular complexity index is 518. The first-order valence-electron chi connectivity index (χ1n) is 9.44. The van der Waals surface area contributed by atoms with Crippen molar-refractivity contribution in [3.05, 3.63) is 29.3 Å². The maximum Gasteiger partial charge on any atom is 0.261 e. The summed E-state index contributed by atoms with van der Waals surface area (Å²) in [5, 5.41) is 0.562. The van der Waals surface area contributed by atoms with E-state index in [1.54, 1.807) is 6.07 Å². The average molecular weight is 350 g/mol. The number of ether oxygens (including phenoxy) is 1. The molecule has 0 saturated heterocycles. The van der Waals surface area contributed by atoms with Crippen LogP contribution in [0.25, 0.3) is 0 Å². The molecule has 0 atom stereocenters. The van der Waals surface area contributed by atoms with Crippen molar-refractivity contribution in [1.29, 1.82) is 0 Å². The number of benzene rings is 1. The second-order valence-electron chi connectivity index (χ2n) is 7.10. The molecule has 3 rings (SSSR count). The number of carbonyl (C=O) groups is 1. The van der Waals surface area contributed by atoms with E-state index in [1.807, 2.05) is 18.2 Å². The molecule has 3 nitrogen and oxygen atoms in total. The number of halogens is 1. The van der Waals surface area contributed by atoms with Gasteiger partial charge in [-0.25, -0.2) is 0 Å². The second kappa shape index (κ2) is 8.75. The van der Waals surface area contributed by atoms with Gasteiger partial charge in [0.2, 0.25) is 0 Å². The van der Waals surface area contributed by atoms with Gasteiger partial charge < -0.3 is 9.64 Å². The van der Waals surface area contributed by atoms with Crippen LogP contribution >= 0.6 is 11.6 Å². The van der Waals surface area contributed by atoms with Crippen molar-refractivity contribution in [2.24, 2.45) is 0 Å². The summed E-state index contributed by atoms with van der Waals surface area (Å²) < 4.78 is 5.74. The number of amides is 1. The molecule has 2 aliphatic rings. The van der Waals surface area contributed by atoms with Gasteiger partial charge in [0, 0.05) is 12.1 Å². The summed E-state index contributed by atoms with van der Waals surface area (Å²) in [6.45, 7) is 0.0940. The number of para-hydroxylation sites is 1. The highest BCUT2D eigenvalue weighted by Crippen LogP contribution is 2.31. The van der Waals surface area contributed by atoms with Gasteiger partial charge in [0.1, 0.15) is 5.75 Å². The SMILES string of the molecule is O=C(COc1ccccc1Cl)N(C1CCCCC1)C1CCCCC1. The van der Waals surface area contributed by atoms with Crippen LogP contribution in [0, 0.1) is 0 Å². The molecule has 0 bridgehead atoms. The van der Waals surface area contributed by atoms with Gasteiger partial charge in [0.05, 0.1) is 5.02 Å². The van der Waals surface area contributed by atoms with E-state index < -0.39 is 0 Å². The van der Waals surface area contributed by atoms with Gasteiger partial charge in [0.25, 0.3) is 5.91 Å². The van der Waals surface area contributed by atoms with Gasteiger partial charge in [-0.1, -0.05) is 62.3 Å². The largest absolute Gasteiger partial charge is 0.482 e. The molecule has 0 radical (unpaired) electrons. The van der Waals surface area contributed by atoms with Crippen LogP contribution in [0.5, 0.6) is 5.75 Å². The van der Waals surface area contributed by atoms with Crippen LogP contribution in [0.1, 0.15) is 64.2 Å². The van der Waals surface area contributed by atoms with Crippen molar-refractivity contribution in [3.63, 3.8) is 0 Å². The highest BCUT2D eigenvalue weighted by molar-refractivity contribution is 6.32. The molecule has 0 aliphatic heterocycles. The molecule has 0 N–H and O–H groups in total. The lowest BCUT2D eigenvalue weighted by Gasteiger charge is -2.41. The summed E-state index contributed by atoms with van der Waals surface area (Å²) in [6.07, 6.45) is 12.2. The zero-order valence-electron chi connectivity index (χ0n) is 14.4. The highest BCUT2D eigenvalue weighted by atomic mass is 35.5. The third kappa shape index (κ3) is 4.44. The van der Waals surface area contributed by atoms with Gasteiger partial charge >= 0.3 is 0 Å². The topological polar surface area (TPSA) is 29.5 Å². The van der Waals surface area contributed by atoms with E-state index in [0.29, 0.717) is 22.9 Å². The molecule has 1 amide bonds. The lowest BCUT2D eigenvalue weighted by molar-refractivity contribution is -0.140. The van der Waals surface area contributed by atoms with Crippen LogP contribution < -0.4 is 4.74 Å². The van der Waals surface area contributed by atoms with Crippen LogP contribution in [-0.4, -0.2) is 29.5 Å². The lowest BCUT2D eigenvalue weighted by atomic mass is 9.88. The summed E-state index contributed by atoms with van der Waals surface area (Å²) in [7, 11) is 0. The van der Waals surface area contributed by atoms with E-state index in [0.717, 1.165) is 25.7 Å². The van der Waals surface area contributed by atoms with E-state index in [1.165, 1.54) is 38.5 Å². The number of hydrogen-bond donors (Lipinski definition) is 0. The molecule has 132 valence electrons. The van der Waals surface area contributed by atoms with Crippen molar-refractivity contribution >= 4 is 17.5 Å². The van der Waals surface area contributed by atoms with Gasteiger partial charge in [-0.15, -0.1) is 0 Å². The standard InChI is InChI=1S/C20H28ClNO2/c21-18-13-7-8-14-19(18)24-15-20(23)22(16-9-3-1-4-10-16)17-11-5-2-6-12-17/h7-8,13-14,16-17H,1-6,9-12,15H2. The first-order valence-corrected chi connectivity index (χ1v) is 9.82. The van der Waals surface area contributed by atoms with Gasteiger partial charge in [0.15, 0.2) is 6.61 Å². The third-order valence-electron chi connectivity index (χ3n) is 5.41. The Morgan fingerprint density at radius 2 is 1.50 bits per heavy atom. The molecule has 24 heavy (non-hydrogen) atoms. The van der Waals surface area contributed by atoms with Crippen LogP contribution in [-0.2, 0) is 4.79 Å². The first-order chi connectivity index (χ1) is 11.8. The normalized spacial score (nSPS) is 19.9. The molecule has 1 aromatic rings. The maximum absolute atomic E-state index is 13.0. The molecule has 4 heteroatoms. The quantitative estimate of drug-likeness (QED) is 0.730. The zero-order chi connectivity index (χ0) is 16.8. The average Bonchev–Trinajstić information content (AvgIpc) is 2.63. The van der Waals surface area contributed by atoms with Crippen molar-refractivity contribution in [2.45, 2.75) is 76.3 Å². The van der Waals surface area contributed by atoms with Crippen molar-refractivity contribution in [2.75, 3.05) is 6.61 Å². The zero-order valence-corrected chi connectivity index (χ0v) is 15.1. The fourth-order valence-electron chi connectivity index (χ4n) is 4.20. The fourth-order valence-corrected chi connectivity index (χ4v) is 4.39. The third-order valence-corrected chi connectivity index (χ3v) is 5.72. The predicted octanol–water partition coefficient (Wildman–Crippen LogP) is 5.21. The molecular formula is C20H28ClNO2. The fraction of sp³-hybridized carbons (Fsp3) is 0.650. The number of nitrogens with zero attached hydrogens (tertiary/aromatic N) is 1. The number of carbonyl (C=O) groups excluding carboxylic acids is 1. The van der Waals surface area contributed by atoms with E-state index in [9.17, 15) is 4.79 Å². The maximum atomic E-state index is 13.0. The van der Waals surface area contributed by atoms with Crippen LogP contribution in [0.2, 0.25) is 5.02 Å². The van der Waals surface area contributed by atoms with E-state index >= 15 is 0 Å². The van der Waals surface area contributed by atoms with Crippen molar-refractivity contribution in [3.8, 4) is 5.75 Å². The highest BCUT2D eigenvalue weighted by Gasteiger charge is 2.32. The molecule has 1 aromatic carbocycles. The summed E-state index contributed by atoms with van der Waals surface area (Å²) in [5.41, 5.74) is 0. The Morgan fingerprint density at radius 3 is 2.04 bits per heavy atom. The summed E-state index contributed by atoms with van der Waals surface area (Å²) in [6, 6.07) is 8.18. The molecule has 2 fully saturated rings. The number of hydrogen-bond acceptors (Lipinski definition) is 2. The van der Waals surface area contributed by atoms with Crippen LogP contribution in [0.15, 0.2) is 24.3 Å². The minimum Gasteiger partial charge on any atom is -0.482 e. The predicted molar refractivity (Wildman–Crippen MR) is 97.5 cm³/mol. The van der Waals surface area contributed by atoms with E-state index in [-0.39, 0.29) is 12.5 Å². The first kappa shape index (κ1) is 17.6. The summed E-state index contributed by atoms with van der Waals surface area (Å²) >= 11 is 6.13. The van der Waals surface area contributed by atoms with Gasteiger partial charge in [-0.3, -0.25) is 4.79 Å². The van der Waals surface area contributed by atoms with Crippen molar-refractivity contribution < 1.29 is 9.53 Å². The molecular weight excluding hydrogens is 322 g/mol. The lowest BCUT2D eigenvalue weighted by Crippen LogP contribution is -2.50. The molecule has 0 aromatic heterocycles. The molecule has 0 heterocycles. The Labute approximate surface area is 150 Å². The Hall–Kier alpha value is -1.22.